The van der Waals surface area contributed by atoms with Gasteiger partial charge in [-0.2, -0.15) is 5.10 Å². The fourth-order valence-electron chi connectivity index (χ4n) is 1.50. The summed E-state index contributed by atoms with van der Waals surface area (Å²) in [5, 5.41) is 13.4. The molecule has 0 unspecified atom stereocenters. The Morgan fingerprint density at radius 1 is 1.42 bits per heavy atom. The van der Waals surface area contributed by atoms with E-state index in [1.807, 2.05) is 6.92 Å². The molecule has 0 atom stereocenters. The van der Waals surface area contributed by atoms with E-state index in [0.717, 1.165) is 12.8 Å². The molecule has 0 bridgehead atoms. The lowest BCUT2D eigenvalue weighted by molar-refractivity contribution is -0.142. The van der Waals surface area contributed by atoms with E-state index in [4.69, 9.17) is 4.74 Å². The number of ether oxygens (including phenoxy) is 1. The number of hydrogen-bond donors (Lipinski definition) is 1. The number of unbranched alkanes of at least 4 members (excludes halogenated alkanes) is 1. The summed E-state index contributed by atoms with van der Waals surface area (Å²) in [4.78, 5) is 26.9. The first-order chi connectivity index (χ1) is 9.22. The van der Waals surface area contributed by atoms with Crippen LogP contribution in [0.1, 0.15) is 25.5 Å². The van der Waals surface area contributed by atoms with Crippen LogP contribution in [0, 0.1) is 0 Å². The van der Waals surface area contributed by atoms with E-state index in [1.165, 1.54) is 6.33 Å². The number of nitrogens with one attached hydrogen (secondary N) is 1. The third-order valence-electron chi connectivity index (χ3n) is 2.47. The molecule has 8 nitrogen and oxygen atoms in total. The van der Waals surface area contributed by atoms with E-state index in [-0.39, 0.29) is 17.5 Å². The highest BCUT2D eigenvalue weighted by atomic mass is 16.5. The molecule has 2 aromatic rings. The number of aromatic amines is 1. The van der Waals surface area contributed by atoms with Crippen LogP contribution in [0.5, 0.6) is 0 Å². The summed E-state index contributed by atoms with van der Waals surface area (Å²) in [6.07, 6.45) is 2.85. The van der Waals surface area contributed by atoms with Crippen LogP contribution in [0.2, 0.25) is 0 Å². The van der Waals surface area contributed by atoms with Crippen LogP contribution in [0.4, 0.5) is 0 Å². The van der Waals surface area contributed by atoms with Gasteiger partial charge >= 0.3 is 5.97 Å². The zero-order valence-electron chi connectivity index (χ0n) is 10.4. The minimum Gasteiger partial charge on any atom is -0.465 e. The van der Waals surface area contributed by atoms with Crippen molar-refractivity contribution in [1.82, 2.24) is 25.4 Å². The number of carbonyl (C=O) groups is 1. The fourth-order valence-corrected chi connectivity index (χ4v) is 1.50. The second-order valence-electron chi connectivity index (χ2n) is 3.91. The molecule has 0 fully saturated rings. The van der Waals surface area contributed by atoms with Crippen molar-refractivity contribution in [2.45, 2.75) is 26.2 Å². The fraction of sp³-hybridized carbons (Fsp3) is 0.455. The van der Waals surface area contributed by atoms with Gasteiger partial charge in [0, 0.05) is 0 Å². The SMILES string of the molecule is CCCCOC(=O)Cc1n[nH]c(=O)c2ncnnc12. The van der Waals surface area contributed by atoms with Gasteiger partial charge in [0.05, 0.1) is 13.0 Å². The Bertz CT molecular complexity index is 640. The lowest BCUT2D eigenvalue weighted by Crippen LogP contribution is -2.17. The second-order valence-corrected chi connectivity index (χ2v) is 3.91. The lowest BCUT2D eigenvalue weighted by atomic mass is 10.2. The van der Waals surface area contributed by atoms with Crippen LogP contribution in [0.3, 0.4) is 0 Å². The van der Waals surface area contributed by atoms with Crippen LogP contribution in [-0.4, -0.2) is 38.0 Å². The maximum absolute atomic E-state index is 11.6. The van der Waals surface area contributed by atoms with Crippen molar-refractivity contribution in [3.05, 3.63) is 22.4 Å². The summed E-state index contributed by atoms with van der Waals surface area (Å²) in [5.41, 5.74) is 0.171. The van der Waals surface area contributed by atoms with Crippen molar-refractivity contribution in [1.29, 1.82) is 0 Å². The molecular formula is C11H13N5O3. The minimum atomic E-state index is -0.465. The van der Waals surface area contributed by atoms with Crippen molar-refractivity contribution in [2.75, 3.05) is 6.61 Å². The molecule has 0 spiro atoms. The Hall–Kier alpha value is -2.38. The zero-order chi connectivity index (χ0) is 13.7. The van der Waals surface area contributed by atoms with Gasteiger partial charge in [-0.25, -0.2) is 10.1 Å². The van der Waals surface area contributed by atoms with E-state index < -0.39 is 11.5 Å². The quantitative estimate of drug-likeness (QED) is 0.596. The number of fused-ring (bicyclic) bond motifs is 1. The van der Waals surface area contributed by atoms with Gasteiger partial charge < -0.3 is 4.74 Å². The van der Waals surface area contributed by atoms with Crippen molar-refractivity contribution < 1.29 is 9.53 Å². The van der Waals surface area contributed by atoms with Gasteiger partial charge in [0.2, 0.25) is 0 Å². The van der Waals surface area contributed by atoms with Gasteiger partial charge in [0.15, 0.2) is 5.52 Å². The molecule has 19 heavy (non-hydrogen) atoms. The average molecular weight is 263 g/mol. The minimum absolute atomic E-state index is 0.0721. The number of esters is 1. The largest absolute Gasteiger partial charge is 0.465 e. The zero-order valence-corrected chi connectivity index (χ0v) is 10.4. The van der Waals surface area contributed by atoms with Gasteiger partial charge in [-0.05, 0) is 6.42 Å². The summed E-state index contributed by atoms with van der Waals surface area (Å²) in [7, 11) is 0. The number of aromatic nitrogens is 5. The Morgan fingerprint density at radius 3 is 3.05 bits per heavy atom. The van der Waals surface area contributed by atoms with Crippen LogP contribution in [0.25, 0.3) is 11.0 Å². The molecule has 0 aliphatic carbocycles. The standard InChI is InChI=1S/C11H13N5O3/c1-2-3-4-19-8(17)5-7-9-10(11(18)16-14-7)12-6-13-15-9/h6H,2-5H2,1H3,(H,16,18). The highest BCUT2D eigenvalue weighted by Crippen LogP contribution is 2.07. The summed E-state index contributed by atoms with van der Waals surface area (Å²) < 4.78 is 5.03. The predicted molar refractivity (Wildman–Crippen MR) is 65.3 cm³/mol. The number of nitrogens with zero attached hydrogens (tertiary/aromatic N) is 4. The molecule has 0 radical (unpaired) electrons. The molecule has 0 saturated heterocycles. The molecule has 2 rings (SSSR count). The normalized spacial score (nSPS) is 10.6. The number of rotatable bonds is 5. The van der Waals surface area contributed by atoms with E-state index in [9.17, 15) is 9.59 Å². The predicted octanol–water partition coefficient (Wildman–Crippen LogP) is -0.00610. The number of carbonyl (C=O) groups excluding carboxylic acids is 1. The molecule has 0 aromatic carbocycles. The van der Waals surface area contributed by atoms with Crippen molar-refractivity contribution in [2.24, 2.45) is 0 Å². The van der Waals surface area contributed by atoms with Crippen LogP contribution >= 0.6 is 0 Å². The smallest absolute Gasteiger partial charge is 0.312 e. The van der Waals surface area contributed by atoms with Crippen molar-refractivity contribution in [3.8, 4) is 0 Å². The summed E-state index contributed by atoms with van der Waals surface area (Å²) in [6, 6.07) is 0. The highest BCUT2D eigenvalue weighted by molar-refractivity contribution is 5.80. The Balaban J connectivity index is 2.19. The van der Waals surface area contributed by atoms with Crippen LogP contribution < -0.4 is 5.56 Å². The van der Waals surface area contributed by atoms with E-state index >= 15 is 0 Å². The summed E-state index contributed by atoms with van der Waals surface area (Å²) >= 11 is 0. The molecule has 2 aromatic heterocycles. The Morgan fingerprint density at radius 2 is 2.26 bits per heavy atom. The molecule has 100 valence electrons. The molecule has 0 aliphatic heterocycles. The van der Waals surface area contributed by atoms with E-state index in [0.29, 0.717) is 12.3 Å². The Labute approximate surface area is 108 Å². The average Bonchev–Trinajstić information content (AvgIpc) is 2.43. The number of hydrogen-bond acceptors (Lipinski definition) is 7. The third-order valence-corrected chi connectivity index (χ3v) is 2.47. The van der Waals surface area contributed by atoms with Gasteiger partial charge in [0.1, 0.15) is 17.5 Å². The van der Waals surface area contributed by atoms with E-state index in [2.05, 4.69) is 25.4 Å². The first-order valence-corrected chi connectivity index (χ1v) is 5.93. The van der Waals surface area contributed by atoms with Crippen LogP contribution in [0.15, 0.2) is 11.1 Å². The molecular weight excluding hydrogens is 250 g/mol. The summed E-state index contributed by atoms with van der Waals surface area (Å²) in [6.45, 7) is 2.38. The monoisotopic (exact) mass is 263 g/mol. The third kappa shape index (κ3) is 3.09. The number of H-pyrrole nitrogens is 1. The molecule has 0 aliphatic rings. The molecule has 0 amide bonds. The van der Waals surface area contributed by atoms with Crippen LogP contribution in [-0.2, 0) is 16.0 Å². The first kappa shape index (κ1) is 13.1. The van der Waals surface area contributed by atoms with Gasteiger partial charge in [-0.15, -0.1) is 10.2 Å². The van der Waals surface area contributed by atoms with Crippen molar-refractivity contribution in [3.63, 3.8) is 0 Å². The Kier molecular flexibility index (Phi) is 4.11. The topological polar surface area (TPSA) is 111 Å². The molecule has 2 heterocycles. The molecule has 0 saturated carbocycles. The van der Waals surface area contributed by atoms with E-state index in [1.54, 1.807) is 0 Å². The molecule has 8 heteroatoms. The second kappa shape index (κ2) is 5.98. The maximum atomic E-state index is 11.6. The van der Waals surface area contributed by atoms with Gasteiger partial charge in [-0.3, -0.25) is 9.59 Å². The van der Waals surface area contributed by atoms with Gasteiger partial charge in [-0.1, -0.05) is 13.3 Å². The van der Waals surface area contributed by atoms with Crippen molar-refractivity contribution >= 4 is 17.0 Å². The lowest BCUT2D eigenvalue weighted by Gasteiger charge is -2.04. The maximum Gasteiger partial charge on any atom is 0.312 e. The molecule has 1 N–H and O–H groups in total. The highest BCUT2D eigenvalue weighted by Gasteiger charge is 2.13. The van der Waals surface area contributed by atoms with Gasteiger partial charge in [0.25, 0.3) is 5.56 Å². The first-order valence-electron chi connectivity index (χ1n) is 5.93. The summed E-state index contributed by atoms with van der Waals surface area (Å²) in [5.74, 6) is -0.417.